The Morgan fingerprint density at radius 1 is 1.32 bits per heavy atom. The highest BCUT2D eigenvalue weighted by Gasteiger charge is 2.11. The van der Waals surface area contributed by atoms with E-state index < -0.39 is 5.91 Å². The van der Waals surface area contributed by atoms with Gasteiger partial charge in [0.05, 0.1) is 22.0 Å². The van der Waals surface area contributed by atoms with Crippen LogP contribution in [-0.2, 0) is 0 Å². The number of hydrogen-bond donors (Lipinski definition) is 2. The summed E-state index contributed by atoms with van der Waals surface area (Å²) in [6.45, 7) is 3.56. The fraction of sp³-hybridized carbons (Fsp3) is 0.182. The van der Waals surface area contributed by atoms with E-state index in [2.05, 4.69) is 25.5 Å². The Morgan fingerprint density at radius 3 is 2.68 bits per heavy atom. The molecule has 2 aromatic rings. The van der Waals surface area contributed by atoms with Crippen LogP contribution in [0.25, 0.3) is 0 Å². The van der Waals surface area contributed by atoms with E-state index >= 15 is 0 Å². The van der Waals surface area contributed by atoms with E-state index in [1.165, 1.54) is 12.3 Å². The van der Waals surface area contributed by atoms with Crippen molar-refractivity contribution in [1.29, 1.82) is 0 Å². The molecule has 2 rings (SSSR count). The first-order valence-corrected chi connectivity index (χ1v) is 5.75. The number of aryl methyl sites for hydroxylation is 2. The maximum Gasteiger partial charge on any atom is 0.259 e. The van der Waals surface area contributed by atoms with E-state index in [1.54, 1.807) is 13.8 Å². The van der Waals surface area contributed by atoms with Crippen LogP contribution in [-0.4, -0.2) is 26.1 Å². The van der Waals surface area contributed by atoms with Crippen molar-refractivity contribution >= 4 is 29.3 Å². The van der Waals surface area contributed by atoms with Gasteiger partial charge in [-0.05, 0) is 19.9 Å². The van der Waals surface area contributed by atoms with Gasteiger partial charge in [-0.2, -0.15) is 5.10 Å². The topological polar surface area (TPSA) is 107 Å². The molecule has 2 heterocycles. The quantitative estimate of drug-likeness (QED) is 0.859. The SMILES string of the molecule is Cc1nnc(NC(=O)c2cnc(N)c(Cl)c2)nc1C. The average molecular weight is 279 g/mol. The van der Waals surface area contributed by atoms with Gasteiger partial charge in [-0.1, -0.05) is 11.6 Å². The number of rotatable bonds is 2. The molecule has 0 spiro atoms. The summed E-state index contributed by atoms with van der Waals surface area (Å²) >= 11 is 5.80. The molecule has 0 aliphatic carbocycles. The van der Waals surface area contributed by atoms with E-state index in [9.17, 15) is 4.79 Å². The number of carbonyl (C=O) groups is 1. The molecule has 2 aromatic heterocycles. The molecule has 0 saturated carbocycles. The summed E-state index contributed by atoms with van der Waals surface area (Å²) in [5, 5.41) is 10.4. The van der Waals surface area contributed by atoms with Gasteiger partial charge in [-0.25, -0.2) is 9.97 Å². The highest BCUT2D eigenvalue weighted by molar-refractivity contribution is 6.33. The largest absolute Gasteiger partial charge is 0.382 e. The number of nitrogens with zero attached hydrogens (tertiary/aromatic N) is 4. The Kier molecular flexibility index (Phi) is 3.57. The fourth-order valence-electron chi connectivity index (χ4n) is 1.26. The molecule has 0 atom stereocenters. The van der Waals surface area contributed by atoms with Gasteiger partial charge in [-0.3, -0.25) is 10.1 Å². The molecule has 0 fully saturated rings. The summed E-state index contributed by atoms with van der Waals surface area (Å²) in [5.41, 5.74) is 7.13. The van der Waals surface area contributed by atoms with Crippen molar-refractivity contribution in [3.05, 3.63) is 34.2 Å². The molecule has 7 nitrogen and oxygen atoms in total. The first kappa shape index (κ1) is 13.2. The van der Waals surface area contributed by atoms with Crippen LogP contribution in [0, 0.1) is 13.8 Å². The number of nitrogen functional groups attached to an aromatic ring is 1. The normalized spacial score (nSPS) is 10.3. The molecule has 0 radical (unpaired) electrons. The van der Waals surface area contributed by atoms with Crippen LogP contribution in [0.5, 0.6) is 0 Å². The van der Waals surface area contributed by atoms with Gasteiger partial charge in [0, 0.05) is 6.20 Å². The number of amides is 1. The molecule has 0 bridgehead atoms. The molecule has 1 amide bonds. The second kappa shape index (κ2) is 5.15. The Balaban J connectivity index is 2.20. The van der Waals surface area contributed by atoms with E-state index in [1.807, 2.05) is 0 Å². The fourth-order valence-corrected chi connectivity index (χ4v) is 1.42. The molecule has 0 saturated heterocycles. The zero-order chi connectivity index (χ0) is 14.0. The van der Waals surface area contributed by atoms with Crippen molar-refractivity contribution in [2.75, 3.05) is 11.1 Å². The Bertz CT molecular complexity index is 645. The summed E-state index contributed by atoms with van der Waals surface area (Å²) < 4.78 is 0. The lowest BCUT2D eigenvalue weighted by Gasteiger charge is -2.05. The second-order valence-electron chi connectivity index (χ2n) is 3.85. The zero-order valence-electron chi connectivity index (χ0n) is 10.3. The van der Waals surface area contributed by atoms with Crippen LogP contribution in [0.2, 0.25) is 5.02 Å². The summed E-state index contributed by atoms with van der Waals surface area (Å²) in [4.78, 5) is 19.8. The second-order valence-corrected chi connectivity index (χ2v) is 4.26. The number of aromatic nitrogens is 4. The van der Waals surface area contributed by atoms with Crippen LogP contribution in [0.3, 0.4) is 0 Å². The van der Waals surface area contributed by atoms with Crippen LogP contribution in [0.4, 0.5) is 11.8 Å². The first-order valence-electron chi connectivity index (χ1n) is 5.37. The zero-order valence-corrected chi connectivity index (χ0v) is 11.1. The molecule has 19 heavy (non-hydrogen) atoms. The van der Waals surface area contributed by atoms with Crippen molar-refractivity contribution in [2.24, 2.45) is 0 Å². The minimum atomic E-state index is -0.431. The van der Waals surface area contributed by atoms with Gasteiger partial charge < -0.3 is 5.73 Å². The number of carbonyl (C=O) groups excluding carboxylic acids is 1. The van der Waals surface area contributed by atoms with Crippen molar-refractivity contribution in [1.82, 2.24) is 20.2 Å². The minimum absolute atomic E-state index is 0.126. The summed E-state index contributed by atoms with van der Waals surface area (Å²) in [6, 6.07) is 1.42. The standard InChI is InChI=1S/C11H11ClN6O/c1-5-6(2)17-18-11(15-5)16-10(19)7-3-8(12)9(13)14-4-7/h3-4H,1-2H3,(H2,13,14)(H,15,16,18,19). The van der Waals surface area contributed by atoms with E-state index in [0.29, 0.717) is 11.4 Å². The minimum Gasteiger partial charge on any atom is -0.382 e. The number of hydrogen-bond acceptors (Lipinski definition) is 6. The molecule has 0 aliphatic heterocycles. The predicted molar refractivity (Wildman–Crippen MR) is 70.9 cm³/mol. The van der Waals surface area contributed by atoms with Gasteiger partial charge in [0.1, 0.15) is 5.82 Å². The summed E-state index contributed by atoms with van der Waals surface area (Å²) in [7, 11) is 0. The maximum atomic E-state index is 11.9. The third-order valence-electron chi connectivity index (χ3n) is 2.45. The molecular weight excluding hydrogens is 268 g/mol. The number of pyridine rings is 1. The first-order chi connectivity index (χ1) is 8.97. The van der Waals surface area contributed by atoms with Crippen molar-refractivity contribution in [3.63, 3.8) is 0 Å². The summed E-state index contributed by atoms with van der Waals surface area (Å²) in [5.74, 6) is -0.136. The smallest absolute Gasteiger partial charge is 0.259 e. The lowest BCUT2D eigenvalue weighted by atomic mass is 10.2. The van der Waals surface area contributed by atoms with Crippen molar-refractivity contribution in [2.45, 2.75) is 13.8 Å². The molecule has 8 heteroatoms. The predicted octanol–water partition coefficient (Wildman–Crippen LogP) is 1.37. The monoisotopic (exact) mass is 278 g/mol. The van der Waals surface area contributed by atoms with Crippen LogP contribution >= 0.6 is 11.6 Å². The van der Waals surface area contributed by atoms with Crippen LogP contribution in [0.15, 0.2) is 12.3 Å². The summed E-state index contributed by atoms with van der Waals surface area (Å²) in [6.07, 6.45) is 1.32. The van der Waals surface area contributed by atoms with E-state index in [0.717, 1.165) is 0 Å². The highest BCUT2D eigenvalue weighted by atomic mass is 35.5. The number of nitrogens with one attached hydrogen (secondary N) is 1. The molecule has 3 N–H and O–H groups in total. The third kappa shape index (κ3) is 2.94. The lowest BCUT2D eigenvalue weighted by Crippen LogP contribution is -2.16. The van der Waals surface area contributed by atoms with Crippen molar-refractivity contribution in [3.8, 4) is 0 Å². The van der Waals surface area contributed by atoms with Gasteiger partial charge >= 0.3 is 0 Å². The van der Waals surface area contributed by atoms with Gasteiger partial charge in [0.2, 0.25) is 5.95 Å². The lowest BCUT2D eigenvalue weighted by molar-refractivity contribution is 0.102. The molecule has 98 valence electrons. The van der Waals surface area contributed by atoms with E-state index in [4.69, 9.17) is 17.3 Å². The van der Waals surface area contributed by atoms with Gasteiger partial charge in [0.25, 0.3) is 5.91 Å². The number of anilines is 2. The number of halogens is 1. The molecular formula is C11H11ClN6O. The Hall–Kier alpha value is -2.28. The highest BCUT2D eigenvalue weighted by Crippen LogP contribution is 2.17. The average Bonchev–Trinajstić information content (AvgIpc) is 2.37. The molecule has 0 aliphatic rings. The van der Waals surface area contributed by atoms with Crippen LogP contribution < -0.4 is 11.1 Å². The number of nitrogens with two attached hydrogens (primary N) is 1. The van der Waals surface area contributed by atoms with E-state index in [-0.39, 0.29) is 22.4 Å². The Morgan fingerprint density at radius 2 is 2.05 bits per heavy atom. The molecule has 0 unspecified atom stereocenters. The van der Waals surface area contributed by atoms with Gasteiger partial charge in [-0.15, -0.1) is 5.10 Å². The molecule has 0 aromatic carbocycles. The maximum absolute atomic E-state index is 11.9. The Labute approximate surface area is 114 Å². The third-order valence-corrected chi connectivity index (χ3v) is 2.75. The van der Waals surface area contributed by atoms with Gasteiger partial charge in [0.15, 0.2) is 0 Å². The van der Waals surface area contributed by atoms with Crippen molar-refractivity contribution < 1.29 is 4.79 Å². The van der Waals surface area contributed by atoms with Crippen LogP contribution in [0.1, 0.15) is 21.7 Å².